The molecule has 0 amide bonds. The first-order valence-corrected chi connectivity index (χ1v) is 8.32. The molecule has 3 aromatic rings. The number of methoxy groups -OCH3 is 1. The van der Waals surface area contributed by atoms with E-state index in [1.165, 1.54) is 25.3 Å². The zero-order chi connectivity index (χ0) is 18.5. The third-order valence-electron chi connectivity index (χ3n) is 3.59. The highest BCUT2D eigenvalue weighted by molar-refractivity contribution is 9.11. The van der Waals surface area contributed by atoms with Gasteiger partial charge in [0.15, 0.2) is 28.6 Å². The molecule has 7 nitrogen and oxygen atoms in total. The first-order chi connectivity index (χ1) is 11.8. The van der Waals surface area contributed by atoms with Gasteiger partial charge in [-0.1, -0.05) is 0 Å². The van der Waals surface area contributed by atoms with Crippen molar-refractivity contribution in [2.24, 2.45) is 0 Å². The van der Waals surface area contributed by atoms with Crippen molar-refractivity contribution in [1.82, 2.24) is 0 Å². The summed E-state index contributed by atoms with van der Waals surface area (Å²) in [6, 6.07) is 4.14. The zero-order valence-electron chi connectivity index (χ0n) is 12.5. The molecule has 1 heterocycles. The normalized spacial score (nSPS) is 11.0. The van der Waals surface area contributed by atoms with Crippen LogP contribution in [-0.4, -0.2) is 27.5 Å². The largest absolute Gasteiger partial charge is 0.506 e. The highest BCUT2D eigenvalue weighted by Gasteiger charge is 2.25. The number of phenols is 3. The van der Waals surface area contributed by atoms with E-state index in [2.05, 4.69) is 31.9 Å². The number of hydrogen-bond acceptors (Lipinski definition) is 7. The van der Waals surface area contributed by atoms with Crippen molar-refractivity contribution in [3.8, 4) is 40.1 Å². The highest BCUT2D eigenvalue weighted by Crippen LogP contribution is 2.47. The van der Waals surface area contributed by atoms with Crippen LogP contribution in [0.5, 0.6) is 28.7 Å². The van der Waals surface area contributed by atoms with Crippen LogP contribution in [-0.2, 0) is 0 Å². The van der Waals surface area contributed by atoms with Gasteiger partial charge in [0.1, 0.15) is 20.1 Å². The van der Waals surface area contributed by atoms with Crippen LogP contribution in [0.2, 0.25) is 0 Å². The van der Waals surface area contributed by atoms with Crippen molar-refractivity contribution in [1.29, 1.82) is 0 Å². The Hall–Kier alpha value is -2.39. The Labute approximate surface area is 157 Å². The third-order valence-corrected chi connectivity index (χ3v) is 5.08. The molecule has 0 fully saturated rings. The summed E-state index contributed by atoms with van der Waals surface area (Å²) < 4.78 is 10.4. The number of phenolic OH excluding ortho intramolecular Hbond substituents is 3. The van der Waals surface area contributed by atoms with E-state index in [-0.39, 0.29) is 48.5 Å². The summed E-state index contributed by atoms with van der Waals surface area (Å²) in [6.07, 6.45) is 0. The SMILES string of the molecule is COc1ccc(-c2oc3c(Br)c(O)c(Br)c(O)c3c(=O)c2O)cc1O. The van der Waals surface area contributed by atoms with Crippen molar-refractivity contribution in [2.75, 3.05) is 7.11 Å². The fourth-order valence-electron chi connectivity index (χ4n) is 2.35. The van der Waals surface area contributed by atoms with Gasteiger partial charge in [0.05, 0.1) is 7.11 Å². The molecule has 0 saturated carbocycles. The summed E-state index contributed by atoms with van der Waals surface area (Å²) in [6.45, 7) is 0. The van der Waals surface area contributed by atoms with Gasteiger partial charge in [-0.2, -0.15) is 0 Å². The van der Waals surface area contributed by atoms with Crippen LogP contribution in [0, 0.1) is 0 Å². The van der Waals surface area contributed by atoms with E-state index in [9.17, 15) is 25.2 Å². The van der Waals surface area contributed by atoms with Crippen LogP contribution in [0.15, 0.2) is 36.4 Å². The minimum Gasteiger partial charge on any atom is -0.506 e. The summed E-state index contributed by atoms with van der Waals surface area (Å²) >= 11 is 6.05. The van der Waals surface area contributed by atoms with Gasteiger partial charge in [0, 0.05) is 5.56 Å². The van der Waals surface area contributed by atoms with Crippen molar-refractivity contribution in [2.45, 2.75) is 0 Å². The van der Waals surface area contributed by atoms with Gasteiger partial charge in [-0.25, -0.2) is 0 Å². The van der Waals surface area contributed by atoms with Gasteiger partial charge in [0.2, 0.25) is 11.2 Å². The van der Waals surface area contributed by atoms with Crippen LogP contribution in [0.4, 0.5) is 0 Å². The van der Waals surface area contributed by atoms with Crippen molar-refractivity contribution in [3.05, 3.63) is 37.4 Å². The quantitative estimate of drug-likeness (QED) is 0.446. The van der Waals surface area contributed by atoms with E-state index in [1.54, 1.807) is 0 Å². The molecule has 0 unspecified atom stereocenters. The van der Waals surface area contributed by atoms with Crippen molar-refractivity contribution in [3.63, 3.8) is 0 Å². The van der Waals surface area contributed by atoms with Crippen LogP contribution < -0.4 is 10.2 Å². The topological polar surface area (TPSA) is 120 Å². The Kier molecular flexibility index (Phi) is 4.29. The van der Waals surface area contributed by atoms with Gasteiger partial charge < -0.3 is 29.6 Å². The predicted molar refractivity (Wildman–Crippen MR) is 96.5 cm³/mol. The molecule has 0 atom stereocenters. The monoisotopic (exact) mass is 472 g/mol. The maximum absolute atomic E-state index is 12.5. The first kappa shape index (κ1) is 17.4. The van der Waals surface area contributed by atoms with Crippen LogP contribution in [0.3, 0.4) is 0 Å². The number of fused-ring (bicyclic) bond motifs is 1. The standard InChI is InChI=1S/C16H10Br2O7/c1-24-7-3-2-5(4-6(7)19)15-14(23)12(21)8-11(20)9(17)13(22)10(18)16(8)25-15/h2-4,19-20,22-23H,1H3. The lowest BCUT2D eigenvalue weighted by molar-refractivity contribution is 0.373. The summed E-state index contributed by atoms with van der Waals surface area (Å²) in [4.78, 5) is 12.5. The summed E-state index contributed by atoms with van der Waals surface area (Å²) in [5.41, 5.74) is -0.861. The van der Waals surface area contributed by atoms with Gasteiger partial charge >= 0.3 is 0 Å². The van der Waals surface area contributed by atoms with Gasteiger partial charge in [-0.15, -0.1) is 0 Å². The minimum absolute atomic E-state index is 0.0169. The van der Waals surface area contributed by atoms with E-state index < -0.39 is 16.9 Å². The second-order valence-corrected chi connectivity index (χ2v) is 6.61. The molecular formula is C16H10Br2O7. The fraction of sp³-hybridized carbons (Fsp3) is 0.0625. The molecule has 130 valence electrons. The second-order valence-electron chi connectivity index (χ2n) is 5.02. The number of aromatic hydroxyl groups is 4. The summed E-state index contributed by atoms with van der Waals surface area (Å²) in [5.74, 6) is -1.95. The number of benzene rings is 2. The fourth-order valence-corrected chi connectivity index (χ4v) is 3.49. The Bertz CT molecular complexity index is 1070. The van der Waals surface area contributed by atoms with Crippen molar-refractivity contribution < 1.29 is 29.6 Å². The third kappa shape index (κ3) is 2.59. The Morgan fingerprint density at radius 3 is 2.28 bits per heavy atom. The van der Waals surface area contributed by atoms with Crippen LogP contribution in [0.25, 0.3) is 22.3 Å². The van der Waals surface area contributed by atoms with E-state index in [4.69, 9.17) is 9.15 Å². The minimum atomic E-state index is -0.898. The van der Waals surface area contributed by atoms with Crippen LogP contribution >= 0.6 is 31.9 Å². The molecular weight excluding hydrogens is 464 g/mol. The summed E-state index contributed by atoms with van der Waals surface area (Å²) in [7, 11) is 1.38. The molecule has 0 bridgehead atoms. The zero-order valence-corrected chi connectivity index (χ0v) is 15.7. The highest BCUT2D eigenvalue weighted by atomic mass is 79.9. The molecule has 0 aliphatic rings. The molecule has 25 heavy (non-hydrogen) atoms. The maximum atomic E-state index is 12.5. The average Bonchev–Trinajstić information content (AvgIpc) is 2.60. The summed E-state index contributed by atoms with van der Waals surface area (Å²) in [5, 5.41) is 39.9. The van der Waals surface area contributed by atoms with Gasteiger partial charge in [-0.3, -0.25) is 4.79 Å². The molecule has 2 aromatic carbocycles. The Balaban J connectivity index is 2.41. The average molecular weight is 474 g/mol. The predicted octanol–water partition coefficient (Wildman–Crippen LogP) is 3.82. The molecule has 3 rings (SSSR count). The van der Waals surface area contributed by atoms with E-state index in [1.807, 2.05) is 0 Å². The molecule has 1 aromatic heterocycles. The molecule has 0 saturated heterocycles. The molecule has 9 heteroatoms. The van der Waals surface area contributed by atoms with E-state index in [0.717, 1.165) is 0 Å². The maximum Gasteiger partial charge on any atom is 0.238 e. The Morgan fingerprint density at radius 1 is 1.00 bits per heavy atom. The first-order valence-electron chi connectivity index (χ1n) is 6.74. The molecule has 0 spiro atoms. The molecule has 0 radical (unpaired) electrons. The van der Waals surface area contributed by atoms with Gasteiger partial charge in [-0.05, 0) is 50.1 Å². The molecule has 4 N–H and O–H groups in total. The second kappa shape index (κ2) is 6.16. The Morgan fingerprint density at radius 2 is 1.68 bits per heavy atom. The molecule has 0 aliphatic heterocycles. The smallest absolute Gasteiger partial charge is 0.238 e. The number of ether oxygens (including phenoxy) is 1. The van der Waals surface area contributed by atoms with Crippen molar-refractivity contribution >= 4 is 42.8 Å². The number of halogens is 2. The lowest BCUT2D eigenvalue weighted by Crippen LogP contribution is -2.04. The van der Waals surface area contributed by atoms with Gasteiger partial charge in [0.25, 0.3) is 0 Å². The van der Waals surface area contributed by atoms with E-state index >= 15 is 0 Å². The molecule has 0 aliphatic carbocycles. The van der Waals surface area contributed by atoms with Crippen LogP contribution in [0.1, 0.15) is 0 Å². The van der Waals surface area contributed by atoms with E-state index in [0.29, 0.717) is 0 Å². The number of hydrogen-bond donors (Lipinski definition) is 4. The number of rotatable bonds is 2. The lowest BCUT2D eigenvalue weighted by Gasteiger charge is -2.11. The lowest BCUT2D eigenvalue weighted by atomic mass is 10.1.